The SMILES string of the molecule is CCNC(=NCc1ncnn1C)NCC1CCCN(C(C)C)C1. The van der Waals surface area contributed by atoms with Crippen LogP contribution in [0.25, 0.3) is 0 Å². The largest absolute Gasteiger partial charge is 0.357 e. The Labute approximate surface area is 139 Å². The van der Waals surface area contributed by atoms with Crippen LogP contribution in [0.2, 0.25) is 0 Å². The van der Waals surface area contributed by atoms with Gasteiger partial charge in [-0.25, -0.2) is 9.98 Å². The highest BCUT2D eigenvalue weighted by molar-refractivity contribution is 5.79. The summed E-state index contributed by atoms with van der Waals surface area (Å²) < 4.78 is 1.76. The van der Waals surface area contributed by atoms with Crippen molar-refractivity contribution in [2.45, 2.75) is 46.2 Å². The highest BCUT2D eigenvalue weighted by Crippen LogP contribution is 2.17. The Balaban J connectivity index is 1.85. The zero-order valence-corrected chi connectivity index (χ0v) is 14.9. The number of aromatic nitrogens is 3. The number of likely N-dealkylation sites (tertiary alicyclic amines) is 1. The van der Waals surface area contributed by atoms with Gasteiger partial charge in [0.1, 0.15) is 18.7 Å². The van der Waals surface area contributed by atoms with Crippen molar-refractivity contribution < 1.29 is 0 Å². The first-order chi connectivity index (χ1) is 11.1. The molecule has 1 atom stereocenters. The van der Waals surface area contributed by atoms with Crippen LogP contribution >= 0.6 is 0 Å². The van der Waals surface area contributed by atoms with Gasteiger partial charge < -0.3 is 15.5 Å². The molecule has 23 heavy (non-hydrogen) atoms. The van der Waals surface area contributed by atoms with Crippen LogP contribution in [0.15, 0.2) is 11.3 Å². The van der Waals surface area contributed by atoms with Gasteiger partial charge in [0, 0.05) is 32.7 Å². The molecule has 0 aliphatic carbocycles. The van der Waals surface area contributed by atoms with Crippen molar-refractivity contribution >= 4 is 5.96 Å². The smallest absolute Gasteiger partial charge is 0.191 e. The van der Waals surface area contributed by atoms with E-state index in [0.29, 0.717) is 18.5 Å². The number of piperidine rings is 1. The lowest BCUT2D eigenvalue weighted by molar-refractivity contribution is 0.141. The van der Waals surface area contributed by atoms with Gasteiger partial charge in [-0.2, -0.15) is 5.10 Å². The number of aryl methyl sites for hydroxylation is 1. The molecule has 2 N–H and O–H groups in total. The quantitative estimate of drug-likeness (QED) is 0.604. The summed E-state index contributed by atoms with van der Waals surface area (Å²) in [4.78, 5) is 11.4. The fraction of sp³-hybridized carbons (Fsp3) is 0.812. The number of guanidine groups is 1. The molecule has 0 amide bonds. The van der Waals surface area contributed by atoms with Gasteiger partial charge in [0.15, 0.2) is 5.96 Å². The minimum absolute atomic E-state index is 0.536. The third kappa shape index (κ3) is 5.49. The molecule has 1 aromatic heterocycles. The fourth-order valence-electron chi connectivity index (χ4n) is 2.93. The first-order valence-electron chi connectivity index (χ1n) is 8.69. The van der Waals surface area contributed by atoms with Crippen LogP contribution in [0.1, 0.15) is 39.4 Å². The second-order valence-electron chi connectivity index (χ2n) is 6.47. The molecular formula is C16H31N7. The van der Waals surface area contributed by atoms with Gasteiger partial charge in [-0.15, -0.1) is 0 Å². The van der Waals surface area contributed by atoms with E-state index >= 15 is 0 Å². The van der Waals surface area contributed by atoms with Crippen LogP contribution in [-0.4, -0.2) is 57.8 Å². The van der Waals surface area contributed by atoms with Crippen molar-refractivity contribution in [3.05, 3.63) is 12.2 Å². The lowest BCUT2D eigenvalue weighted by Crippen LogP contribution is -2.46. The molecule has 0 spiro atoms. The number of hydrogen-bond donors (Lipinski definition) is 2. The standard InChI is InChI=1S/C16H31N7/c1-5-17-16(19-10-15-20-12-21-22(15)4)18-9-14-7-6-8-23(11-14)13(2)3/h12-14H,5-11H2,1-4H3,(H2,17,18,19). The van der Waals surface area contributed by atoms with E-state index in [1.165, 1.54) is 25.9 Å². The molecule has 7 nitrogen and oxygen atoms in total. The van der Waals surface area contributed by atoms with Gasteiger partial charge in [0.05, 0.1) is 0 Å². The monoisotopic (exact) mass is 321 g/mol. The molecule has 2 rings (SSSR count). The predicted octanol–water partition coefficient (Wildman–Crippen LogP) is 0.991. The molecule has 2 heterocycles. The molecule has 0 radical (unpaired) electrons. The van der Waals surface area contributed by atoms with Crippen molar-refractivity contribution in [2.75, 3.05) is 26.2 Å². The van der Waals surface area contributed by atoms with Crippen molar-refractivity contribution in [1.82, 2.24) is 30.3 Å². The number of hydrogen-bond acceptors (Lipinski definition) is 4. The molecular weight excluding hydrogens is 290 g/mol. The number of aliphatic imine (C=N–C) groups is 1. The van der Waals surface area contributed by atoms with Gasteiger partial charge in [0.25, 0.3) is 0 Å². The normalized spacial score (nSPS) is 20.0. The highest BCUT2D eigenvalue weighted by Gasteiger charge is 2.21. The number of nitrogens with zero attached hydrogens (tertiary/aromatic N) is 5. The predicted molar refractivity (Wildman–Crippen MR) is 93.3 cm³/mol. The molecule has 7 heteroatoms. The Morgan fingerprint density at radius 1 is 1.43 bits per heavy atom. The summed E-state index contributed by atoms with van der Waals surface area (Å²) >= 11 is 0. The molecule has 1 fully saturated rings. The summed E-state index contributed by atoms with van der Waals surface area (Å²) in [6.45, 7) is 11.4. The second-order valence-corrected chi connectivity index (χ2v) is 6.47. The average Bonchev–Trinajstić information content (AvgIpc) is 2.95. The van der Waals surface area contributed by atoms with Crippen LogP contribution in [0, 0.1) is 5.92 Å². The summed E-state index contributed by atoms with van der Waals surface area (Å²) in [6.07, 6.45) is 4.14. The lowest BCUT2D eigenvalue weighted by Gasteiger charge is -2.35. The Bertz CT molecular complexity index is 494. The maximum atomic E-state index is 4.61. The van der Waals surface area contributed by atoms with Crippen molar-refractivity contribution in [2.24, 2.45) is 18.0 Å². The minimum Gasteiger partial charge on any atom is -0.357 e. The van der Waals surface area contributed by atoms with E-state index in [-0.39, 0.29) is 0 Å². The van der Waals surface area contributed by atoms with E-state index in [9.17, 15) is 0 Å². The number of nitrogens with one attached hydrogen (secondary N) is 2. The summed E-state index contributed by atoms with van der Waals surface area (Å²) in [7, 11) is 1.89. The molecule has 1 saturated heterocycles. The zero-order chi connectivity index (χ0) is 16.7. The molecule has 1 aliphatic rings. The minimum atomic E-state index is 0.536. The van der Waals surface area contributed by atoms with Gasteiger partial charge in [0.2, 0.25) is 0 Å². The molecule has 1 aliphatic heterocycles. The van der Waals surface area contributed by atoms with Crippen LogP contribution < -0.4 is 10.6 Å². The third-order valence-corrected chi connectivity index (χ3v) is 4.37. The van der Waals surface area contributed by atoms with Crippen LogP contribution in [-0.2, 0) is 13.6 Å². The Hall–Kier alpha value is -1.63. The Morgan fingerprint density at radius 2 is 2.26 bits per heavy atom. The highest BCUT2D eigenvalue weighted by atomic mass is 15.3. The maximum absolute atomic E-state index is 4.61. The van der Waals surface area contributed by atoms with E-state index < -0.39 is 0 Å². The van der Waals surface area contributed by atoms with Crippen LogP contribution in [0.3, 0.4) is 0 Å². The van der Waals surface area contributed by atoms with E-state index in [1.807, 2.05) is 7.05 Å². The van der Waals surface area contributed by atoms with Gasteiger partial charge in [-0.05, 0) is 46.1 Å². The maximum Gasteiger partial charge on any atom is 0.191 e. The van der Waals surface area contributed by atoms with Crippen molar-refractivity contribution in [1.29, 1.82) is 0 Å². The molecule has 1 aromatic rings. The molecule has 0 saturated carbocycles. The lowest BCUT2D eigenvalue weighted by atomic mass is 9.97. The van der Waals surface area contributed by atoms with E-state index in [4.69, 9.17) is 0 Å². The van der Waals surface area contributed by atoms with E-state index in [2.05, 4.69) is 51.4 Å². The third-order valence-electron chi connectivity index (χ3n) is 4.37. The van der Waals surface area contributed by atoms with Crippen LogP contribution in [0.4, 0.5) is 0 Å². The summed E-state index contributed by atoms with van der Waals surface area (Å²) in [5.41, 5.74) is 0. The van der Waals surface area contributed by atoms with Gasteiger partial charge in [-0.1, -0.05) is 0 Å². The topological polar surface area (TPSA) is 70.4 Å². The summed E-state index contributed by atoms with van der Waals surface area (Å²) in [5, 5.41) is 10.9. The molecule has 1 unspecified atom stereocenters. The van der Waals surface area contributed by atoms with Crippen LogP contribution in [0.5, 0.6) is 0 Å². The molecule has 0 bridgehead atoms. The van der Waals surface area contributed by atoms with Gasteiger partial charge >= 0.3 is 0 Å². The average molecular weight is 321 g/mol. The first kappa shape index (κ1) is 17.7. The summed E-state index contributed by atoms with van der Waals surface area (Å²) in [6, 6.07) is 0.635. The molecule has 0 aromatic carbocycles. The Morgan fingerprint density at radius 3 is 2.91 bits per heavy atom. The van der Waals surface area contributed by atoms with Crippen molar-refractivity contribution in [3.8, 4) is 0 Å². The van der Waals surface area contributed by atoms with E-state index in [0.717, 1.165) is 24.9 Å². The van der Waals surface area contributed by atoms with Crippen molar-refractivity contribution in [3.63, 3.8) is 0 Å². The van der Waals surface area contributed by atoms with Gasteiger partial charge in [-0.3, -0.25) is 4.68 Å². The second kappa shape index (κ2) is 8.86. The first-order valence-corrected chi connectivity index (χ1v) is 8.69. The Kier molecular flexibility index (Phi) is 6.83. The van der Waals surface area contributed by atoms with E-state index in [1.54, 1.807) is 11.0 Å². The summed E-state index contributed by atoms with van der Waals surface area (Å²) in [5.74, 6) is 2.41. The fourth-order valence-corrected chi connectivity index (χ4v) is 2.93. The number of rotatable bonds is 6. The zero-order valence-electron chi connectivity index (χ0n) is 14.9. The molecule has 130 valence electrons.